The lowest BCUT2D eigenvalue weighted by atomic mass is 9.92. The summed E-state index contributed by atoms with van der Waals surface area (Å²) in [6.45, 7) is 1.30. The summed E-state index contributed by atoms with van der Waals surface area (Å²) < 4.78 is 36.7. The molecule has 0 fully saturated rings. The van der Waals surface area contributed by atoms with Crippen molar-refractivity contribution in [1.82, 2.24) is 13.7 Å². The summed E-state index contributed by atoms with van der Waals surface area (Å²) in [5.41, 5.74) is 2.53. The Morgan fingerprint density at radius 3 is 2.50 bits per heavy atom. The van der Waals surface area contributed by atoms with Crippen molar-refractivity contribution in [2.75, 3.05) is 18.5 Å². The fourth-order valence-corrected chi connectivity index (χ4v) is 7.63. The fraction of sp³-hybridized carbons (Fsp3) is 0.250. The second kappa shape index (κ2) is 11.2. The molecule has 1 aliphatic heterocycles. The van der Waals surface area contributed by atoms with Crippen LogP contribution in [0.5, 0.6) is 0 Å². The van der Waals surface area contributed by atoms with Crippen LogP contribution >= 0.6 is 11.3 Å². The molecule has 10 nitrogen and oxygen atoms in total. The molecule has 3 heterocycles. The van der Waals surface area contributed by atoms with E-state index in [9.17, 15) is 22.8 Å². The summed E-state index contributed by atoms with van der Waals surface area (Å²) in [4.78, 5) is 38.7. The number of nitrogens with zero attached hydrogens (tertiary/aromatic N) is 3. The Labute approximate surface area is 235 Å². The van der Waals surface area contributed by atoms with E-state index in [1.54, 1.807) is 60.4 Å². The third kappa shape index (κ3) is 5.25. The minimum atomic E-state index is -3.84. The van der Waals surface area contributed by atoms with E-state index in [1.165, 1.54) is 15.1 Å². The van der Waals surface area contributed by atoms with Gasteiger partial charge in [0.05, 0.1) is 23.8 Å². The van der Waals surface area contributed by atoms with E-state index in [0.717, 1.165) is 22.5 Å². The highest BCUT2D eigenvalue weighted by molar-refractivity contribution is 7.91. The minimum absolute atomic E-state index is 0.0850. The number of aromatic nitrogens is 2. The zero-order valence-electron chi connectivity index (χ0n) is 21.9. The largest absolute Gasteiger partial charge is 0.456 e. The van der Waals surface area contributed by atoms with Crippen LogP contribution in [0.25, 0.3) is 5.69 Å². The first-order valence-corrected chi connectivity index (χ1v) is 14.9. The second-order valence-electron chi connectivity index (χ2n) is 9.36. The topological polar surface area (TPSA) is 120 Å². The quantitative estimate of drug-likeness (QED) is 0.319. The number of thiophene rings is 1. The van der Waals surface area contributed by atoms with Gasteiger partial charge in [0.25, 0.3) is 21.5 Å². The van der Waals surface area contributed by atoms with Crippen LogP contribution in [0, 0.1) is 6.92 Å². The number of hydrogen-bond acceptors (Lipinski definition) is 7. The molecule has 0 saturated heterocycles. The molecule has 2 aromatic carbocycles. The van der Waals surface area contributed by atoms with Crippen LogP contribution < -0.4 is 10.9 Å². The van der Waals surface area contributed by atoms with Crippen LogP contribution in [0.4, 0.5) is 5.69 Å². The number of anilines is 1. The number of carbonyl (C=O) groups excluding carboxylic acids is 2. The predicted octanol–water partition coefficient (Wildman–Crippen LogP) is 3.41. The van der Waals surface area contributed by atoms with Crippen LogP contribution in [0.3, 0.4) is 0 Å². The number of para-hydroxylation sites is 1. The zero-order chi connectivity index (χ0) is 28.4. The third-order valence-corrected chi connectivity index (χ3v) is 10.2. The molecule has 0 bridgehead atoms. The summed E-state index contributed by atoms with van der Waals surface area (Å²) in [6.07, 6.45) is 0.256. The van der Waals surface area contributed by atoms with Gasteiger partial charge < -0.3 is 10.1 Å². The van der Waals surface area contributed by atoms with Crippen molar-refractivity contribution in [3.8, 4) is 5.69 Å². The highest BCUT2D eigenvalue weighted by Gasteiger charge is 2.38. The first-order chi connectivity index (χ1) is 19.2. The molecule has 1 N–H and O–H groups in total. The van der Waals surface area contributed by atoms with Crippen molar-refractivity contribution in [1.29, 1.82) is 0 Å². The van der Waals surface area contributed by atoms with Crippen molar-refractivity contribution in [2.45, 2.75) is 30.0 Å². The Balaban J connectivity index is 1.30. The SMILES string of the molecule is Cc1c(NC(=O)COC(=O)C[C@H]2c3ccccc3CCN2S(=O)(=O)c2cccs2)c(=O)n(-c2ccccc2)n1C. The van der Waals surface area contributed by atoms with Gasteiger partial charge in [-0.1, -0.05) is 48.5 Å². The lowest BCUT2D eigenvalue weighted by molar-refractivity contribution is -0.148. The van der Waals surface area contributed by atoms with Crippen LogP contribution in [0.15, 0.2) is 81.1 Å². The van der Waals surface area contributed by atoms with Gasteiger partial charge >= 0.3 is 5.97 Å². The number of fused-ring (bicyclic) bond motifs is 1. The van der Waals surface area contributed by atoms with Gasteiger partial charge in [0.15, 0.2) is 6.61 Å². The Morgan fingerprint density at radius 2 is 1.77 bits per heavy atom. The smallest absolute Gasteiger partial charge is 0.308 e. The van der Waals surface area contributed by atoms with Gasteiger partial charge in [0.2, 0.25) is 0 Å². The molecule has 0 saturated carbocycles. The molecule has 4 aromatic rings. The molecule has 208 valence electrons. The summed E-state index contributed by atoms with van der Waals surface area (Å²) in [5, 5.41) is 4.25. The van der Waals surface area contributed by atoms with E-state index in [0.29, 0.717) is 17.8 Å². The van der Waals surface area contributed by atoms with Gasteiger partial charge in [-0.2, -0.15) is 4.31 Å². The number of sulfonamides is 1. The van der Waals surface area contributed by atoms with Crippen molar-refractivity contribution < 1.29 is 22.7 Å². The molecule has 0 aliphatic carbocycles. The van der Waals surface area contributed by atoms with Gasteiger partial charge in [0, 0.05) is 13.6 Å². The minimum Gasteiger partial charge on any atom is -0.456 e. The molecule has 0 unspecified atom stereocenters. The van der Waals surface area contributed by atoms with Gasteiger partial charge in [0.1, 0.15) is 9.90 Å². The van der Waals surface area contributed by atoms with Crippen LogP contribution in [-0.2, 0) is 37.8 Å². The van der Waals surface area contributed by atoms with E-state index in [-0.39, 0.29) is 22.9 Å². The van der Waals surface area contributed by atoms with E-state index < -0.39 is 40.1 Å². The molecule has 1 atom stereocenters. The highest BCUT2D eigenvalue weighted by Crippen LogP contribution is 2.37. The Kier molecular flexibility index (Phi) is 7.74. The maximum absolute atomic E-state index is 13.4. The van der Waals surface area contributed by atoms with Crippen molar-refractivity contribution in [3.63, 3.8) is 0 Å². The first kappa shape index (κ1) is 27.6. The number of hydrogen-bond donors (Lipinski definition) is 1. The first-order valence-electron chi connectivity index (χ1n) is 12.6. The molecule has 2 aromatic heterocycles. The van der Waals surface area contributed by atoms with E-state index >= 15 is 0 Å². The molecule has 0 spiro atoms. The summed E-state index contributed by atoms with van der Waals surface area (Å²) in [7, 11) is -2.13. The lowest BCUT2D eigenvalue weighted by Gasteiger charge is -2.35. The van der Waals surface area contributed by atoms with Crippen LogP contribution in [0.1, 0.15) is 29.3 Å². The molecule has 40 heavy (non-hydrogen) atoms. The zero-order valence-corrected chi connectivity index (χ0v) is 23.6. The lowest BCUT2D eigenvalue weighted by Crippen LogP contribution is -2.41. The maximum atomic E-state index is 13.4. The average Bonchev–Trinajstić information content (AvgIpc) is 3.57. The molecule has 1 amide bonds. The standard InChI is InChI=1S/C28H28N4O6S2/c1-19-27(28(35)32(30(19)2)21-10-4-3-5-11-21)29-24(33)18-38-25(34)17-23-22-12-7-6-9-20(22)14-15-31(23)40(36,37)26-13-8-16-39-26/h3-13,16,23H,14-15,17-18H2,1-2H3,(H,29,33)/t23-/m0/s1. The number of ether oxygens (including phenoxy) is 1. The number of nitrogens with one attached hydrogen (secondary N) is 1. The average molecular weight is 581 g/mol. The van der Waals surface area contributed by atoms with E-state index in [2.05, 4.69) is 5.32 Å². The number of esters is 1. The van der Waals surface area contributed by atoms with Crippen molar-refractivity contribution >= 4 is 38.9 Å². The maximum Gasteiger partial charge on any atom is 0.308 e. The summed E-state index contributed by atoms with van der Waals surface area (Å²) >= 11 is 1.12. The van der Waals surface area contributed by atoms with Gasteiger partial charge in [-0.3, -0.25) is 19.1 Å². The van der Waals surface area contributed by atoms with Crippen LogP contribution in [-0.4, -0.2) is 47.1 Å². The van der Waals surface area contributed by atoms with E-state index in [4.69, 9.17) is 4.74 Å². The van der Waals surface area contributed by atoms with Gasteiger partial charge in [-0.15, -0.1) is 11.3 Å². The number of carbonyl (C=O) groups is 2. The molecule has 1 aliphatic rings. The molecular formula is C28H28N4O6S2. The predicted molar refractivity (Wildman–Crippen MR) is 151 cm³/mol. The van der Waals surface area contributed by atoms with E-state index in [1.807, 2.05) is 24.3 Å². The molecule has 12 heteroatoms. The van der Waals surface area contributed by atoms with Crippen molar-refractivity contribution in [2.24, 2.45) is 7.05 Å². The van der Waals surface area contributed by atoms with Gasteiger partial charge in [-0.05, 0) is 48.1 Å². The Morgan fingerprint density at radius 1 is 1.05 bits per heavy atom. The summed E-state index contributed by atoms with van der Waals surface area (Å²) in [5.74, 6) is -1.40. The van der Waals surface area contributed by atoms with Crippen LogP contribution in [0.2, 0.25) is 0 Å². The number of rotatable bonds is 8. The monoisotopic (exact) mass is 580 g/mol. The molecular weight excluding hydrogens is 552 g/mol. The second-order valence-corrected chi connectivity index (χ2v) is 12.4. The summed E-state index contributed by atoms with van der Waals surface area (Å²) in [6, 6.07) is 18.8. The molecule has 0 radical (unpaired) electrons. The third-order valence-electron chi connectivity index (χ3n) is 6.96. The fourth-order valence-electron chi connectivity index (χ4n) is 4.90. The molecule has 5 rings (SSSR count). The Hall–Kier alpha value is -4.00. The van der Waals surface area contributed by atoms with Gasteiger partial charge in [-0.25, -0.2) is 13.1 Å². The Bertz CT molecular complexity index is 1710. The van der Waals surface area contributed by atoms with Crippen molar-refractivity contribution in [3.05, 3.63) is 99.3 Å². The number of benzene rings is 2. The number of amides is 1. The normalized spacial score (nSPS) is 15.4. The highest BCUT2D eigenvalue weighted by atomic mass is 32.2.